The summed E-state index contributed by atoms with van der Waals surface area (Å²) in [5.74, 6) is 3.31. The van der Waals surface area contributed by atoms with Gasteiger partial charge in [0.1, 0.15) is 23.0 Å². The fraction of sp³-hybridized carbons (Fsp3) is 0.347. The quantitative estimate of drug-likeness (QED) is 0.130. The van der Waals surface area contributed by atoms with E-state index in [9.17, 15) is 0 Å². The van der Waals surface area contributed by atoms with Crippen molar-refractivity contribution in [2.24, 2.45) is 0 Å². The van der Waals surface area contributed by atoms with Crippen molar-refractivity contribution < 1.29 is 18.1 Å². The largest absolute Gasteiger partial charge is 0.440 e. The van der Waals surface area contributed by atoms with Crippen molar-refractivity contribution in [1.29, 1.82) is 0 Å². The molecular formula is C49H58O4P2. The molecule has 6 rings (SSSR count). The lowest BCUT2D eigenvalue weighted by Crippen LogP contribution is -2.17. The van der Waals surface area contributed by atoms with Crippen molar-refractivity contribution in [2.45, 2.75) is 111 Å². The fourth-order valence-electron chi connectivity index (χ4n) is 6.77. The minimum Gasteiger partial charge on any atom is -0.440 e. The van der Waals surface area contributed by atoms with Crippen molar-refractivity contribution in [3.05, 3.63) is 143 Å². The van der Waals surface area contributed by atoms with Gasteiger partial charge in [-0.15, -0.1) is 0 Å². The maximum Gasteiger partial charge on any atom is 0.275 e. The Kier molecular flexibility index (Phi) is 11.7. The van der Waals surface area contributed by atoms with Gasteiger partial charge in [0, 0.05) is 17.5 Å². The van der Waals surface area contributed by atoms with Crippen LogP contribution in [0.2, 0.25) is 0 Å². The lowest BCUT2D eigenvalue weighted by molar-refractivity contribution is 0.487. The molecule has 0 spiro atoms. The highest BCUT2D eigenvalue weighted by molar-refractivity contribution is 7.27. The lowest BCUT2D eigenvalue weighted by atomic mass is 9.80. The van der Waals surface area contributed by atoms with Crippen LogP contribution in [0.25, 0.3) is 21.5 Å². The Bertz CT molecular complexity index is 2140. The summed E-state index contributed by atoms with van der Waals surface area (Å²) in [5.41, 5.74) is 6.97. The van der Waals surface area contributed by atoms with Crippen LogP contribution in [-0.4, -0.2) is 0 Å². The van der Waals surface area contributed by atoms with E-state index in [2.05, 4.69) is 192 Å². The summed E-state index contributed by atoms with van der Waals surface area (Å²) >= 11 is 0. The van der Waals surface area contributed by atoms with Crippen LogP contribution < -0.4 is 18.1 Å². The highest BCUT2D eigenvalue weighted by Gasteiger charge is 2.25. The van der Waals surface area contributed by atoms with Crippen LogP contribution in [-0.2, 0) is 28.1 Å². The van der Waals surface area contributed by atoms with Gasteiger partial charge in [-0.2, -0.15) is 0 Å². The van der Waals surface area contributed by atoms with Gasteiger partial charge in [0.2, 0.25) is 0 Å². The minimum atomic E-state index is -0.221. The molecule has 2 atom stereocenters. The molecule has 0 fully saturated rings. The van der Waals surface area contributed by atoms with Gasteiger partial charge in [-0.05, 0) is 102 Å². The Labute approximate surface area is 333 Å². The van der Waals surface area contributed by atoms with Gasteiger partial charge in [-0.3, -0.25) is 0 Å². The molecular weight excluding hydrogens is 714 g/mol. The van der Waals surface area contributed by atoms with Gasteiger partial charge < -0.3 is 18.1 Å². The third kappa shape index (κ3) is 9.83. The molecule has 0 aliphatic carbocycles. The zero-order valence-electron chi connectivity index (χ0n) is 34.7. The molecule has 0 amide bonds. The van der Waals surface area contributed by atoms with E-state index in [4.69, 9.17) is 18.1 Å². The second kappa shape index (κ2) is 15.8. The Morgan fingerprint density at radius 1 is 0.364 bits per heavy atom. The molecule has 55 heavy (non-hydrogen) atoms. The zero-order valence-corrected chi connectivity index (χ0v) is 36.7. The van der Waals surface area contributed by atoms with Crippen molar-refractivity contribution in [3.63, 3.8) is 0 Å². The van der Waals surface area contributed by atoms with E-state index in [1.807, 2.05) is 0 Å². The molecule has 0 aliphatic rings. The molecule has 6 aromatic carbocycles. The number of hydrogen-bond donors (Lipinski definition) is 0. The third-order valence-electron chi connectivity index (χ3n) is 10.2. The predicted octanol–water partition coefficient (Wildman–Crippen LogP) is 14.7. The van der Waals surface area contributed by atoms with Gasteiger partial charge in [0.15, 0.2) is 0 Å². The van der Waals surface area contributed by atoms with Crippen LogP contribution in [0, 0.1) is 0 Å². The van der Waals surface area contributed by atoms with Gasteiger partial charge in [-0.1, -0.05) is 156 Å². The minimum absolute atomic E-state index is 0.0440. The molecule has 6 aromatic rings. The molecule has 6 heteroatoms. The van der Waals surface area contributed by atoms with E-state index < -0.39 is 0 Å². The molecule has 0 N–H and O–H groups in total. The van der Waals surface area contributed by atoms with E-state index in [1.165, 1.54) is 22.3 Å². The van der Waals surface area contributed by atoms with E-state index in [1.54, 1.807) is 0 Å². The Balaban J connectivity index is 1.30. The van der Waals surface area contributed by atoms with Crippen LogP contribution >= 0.6 is 18.1 Å². The highest BCUT2D eigenvalue weighted by Crippen LogP contribution is 2.42. The van der Waals surface area contributed by atoms with Crippen LogP contribution in [0.1, 0.15) is 116 Å². The normalized spacial score (nSPS) is 13.0. The van der Waals surface area contributed by atoms with Crippen molar-refractivity contribution in [2.75, 3.05) is 0 Å². The molecule has 2 unspecified atom stereocenters. The molecule has 0 radical (unpaired) electrons. The predicted molar refractivity (Wildman–Crippen MR) is 238 cm³/mol. The summed E-state index contributed by atoms with van der Waals surface area (Å²) in [7, 11) is -0.442. The molecule has 0 aromatic heterocycles. The Morgan fingerprint density at radius 2 is 0.691 bits per heavy atom. The fourth-order valence-corrected chi connectivity index (χ4v) is 7.95. The zero-order chi connectivity index (χ0) is 39.8. The van der Waals surface area contributed by atoms with Crippen molar-refractivity contribution >= 4 is 39.6 Å². The van der Waals surface area contributed by atoms with Gasteiger partial charge in [-0.25, -0.2) is 0 Å². The van der Waals surface area contributed by atoms with Crippen LogP contribution in [0.4, 0.5) is 0 Å². The molecule has 0 heterocycles. The monoisotopic (exact) mass is 772 g/mol. The smallest absolute Gasteiger partial charge is 0.275 e. The molecule has 288 valence electrons. The summed E-state index contributed by atoms with van der Waals surface area (Å²) in [4.78, 5) is 0. The summed E-state index contributed by atoms with van der Waals surface area (Å²) in [5, 5.41) is 4.55. The topological polar surface area (TPSA) is 36.9 Å². The van der Waals surface area contributed by atoms with Crippen molar-refractivity contribution in [1.82, 2.24) is 0 Å². The van der Waals surface area contributed by atoms with Gasteiger partial charge in [0.25, 0.3) is 18.1 Å². The lowest BCUT2D eigenvalue weighted by Gasteiger charge is -2.27. The maximum atomic E-state index is 6.57. The first-order valence-corrected chi connectivity index (χ1v) is 20.9. The first-order valence-electron chi connectivity index (χ1n) is 19.3. The van der Waals surface area contributed by atoms with E-state index in [0.717, 1.165) is 55.7 Å². The molecule has 4 nitrogen and oxygen atoms in total. The first-order chi connectivity index (χ1) is 25.8. The van der Waals surface area contributed by atoms with E-state index in [0.29, 0.717) is 6.42 Å². The molecule has 0 bridgehead atoms. The summed E-state index contributed by atoms with van der Waals surface area (Å²) in [6.07, 6.45) is 0.607. The standard InChI is InChI=1S/C49H58O4P2/c1-46(2,3)38-21-23-42(40(30-38)48(7,8)9)50-54-52-44-28-34-19-15-13-17-32(34)25-36(44)27-37-26-33-18-14-16-20-35(33)29-45(37)53-55-51-43-24-22-39(47(4,5)6)31-41(43)49(10,11)12/h13-26,28-31,54-55H,27H2,1-12H3. The summed E-state index contributed by atoms with van der Waals surface area (Å²) in [6.45, 7) is 26.9. The van der Waals surface area contributed by atoms with Crippen LogP contribution in [0.5, 0.6) is 23.0 Å². The Hall–Kier alpha value is -4.10. The van der Waals surface area contributed by atoms with E-state index in [-0.39, 0.29) is 39.7 Å². The first kappa shape index (κ1) is 40.6. The Morgan fingerprint density at radius 3 is 1.02 bits per heavy atom. The number of hydrogen-bond acceptors (Lipinski definition) is 4. The second-order valence-corrected chi connectivity index (χ2v) is 19.9. The summed E-state index contributed by atoms with van der Waals surface area (Å²) < 4.78 is 26.1. The average Bonchev–Trinajstić information content (AvgIpc) is 3.10. The van der Waals surface area contributed by atoms with Crippen LogP contribution in [0.15, 0.2) is 109 Å². The average molecular weight is 773 g/mol. The van der Waals surface area contributed by atoms with Gasteiger partial charge >= 0.3 is 0 Å². The maximum absolute atomic E-state index is 6.57. The third-order valence-corrected chi connectivity index (χ3v) is 11.4. The van der Waals surface area contributed by atoms with Crippen LogP contribution in [0.3, 0.4) is 0 Å². The molecule has 0 saturated carbocycles. The number of benzene rings is 6. The van der Waals surface area contributed by atoms with Crippen molar-refractivity contribution in [3.8, 4) is 23.0 Å². The number of rotatable bonds is 10. The summed E-state index contributed by atoms with van der Waals surface area (Å²) in [6, 6.07) is 38.7. The molecule has 0 aliphatic heterocycles. The number of fused-ring (bicyclic) bond motifs is 2. The second-order valence-electron chi connectivity index (χ2n) is 18.8. The van der Waals surface area contributed by atoms with Gasteiger partial charge in [0.05, 0.1) is 0 Å². The molecule has 0 saturated heterocycles. The van der Waals surface area contributed by atoms with E-state index >= 15 is 0 Å². The SMILES string of the molecule is CC(C)(C)c1ccc(OPOc2cc3ccccc3cc2Cc2cc3ccccc3cc2OPOc2ccc(C(C)(C)C)cc2C(C)(C)C)c(C(C)(C)C)c1. The highest BCUT2D eigenvalue weighted by atomic mass is 31.1.